The maximum absolute atomic E-state index is 12.1. The fraction of sp³-hybridized carbons (Fsp3) is 0.529. The van der Waals surface area contributed by atoms with Crippen LogP contribution >= 0.6 is 0 Å². The molecule has 0 aliphatic heterocycles. The summed E-state index contributed by atoms with van der Waals surface area (Å²) in [7, 11) is 1.26. The minimum Gasteiger partial charge on any atom is -0.467 e. The van der Waals surface area contributed by atoms with Gasteiger partial charge in [-0.1, -0.05) is 30.3 Å². The SMILES string of the molecule is COC(=O)[C@@H](NC(=O)OC(C)(C)C)[C@@H](CCO)c1ccccc1. The van der Waals surface area contributed by atoms with E-state index in [2.05, 4.69) is 5.32 Å². The van der Waals surface area contributed by atoms with Crippen LogP contribution in [0.15, 0.2) is 30.3 Å². The Kier molecular flexibility index (Phi) is 7.03. The van der Waals surface area contributed by atoms with E-state index in [4.69, 9.17) is 9.47 Å². The molecule has 1 rings (SSSR count). The second-order valence-electron chi connectivity index (χ2n) is 6.18. The van der Waals surface area contributed by atoms with Crippen molar-refractivity contribution in [1.82, 2.24) is 5.32 Å². The third-order valence-electron chi connectivity index (χ3n) is 3.20. The standard InChI is InChI=1S/C17H25NO5/c1-17(2,3)23-16(21)18-14(15(20)22-4)13(10-11-19)12-8-6-5-7-9-12/h5-9,13-14,19H,10-11H2,1-4H3,(H,18,21)/t13-,14-/m0/s1. The van der Waals surface area contributed by atoms with Gasteiger partial charge in [0, 0.05) is 12.5 Å². The number of benzene rings is 1. The molecule has 0 spiro atoms. The normalized spacial score (nSPS) is 13.8. The first-order chi connectivity index (χ1) is 10.8. The summed E-state index contributed by atoms with van der Waals surface area (Å²) in [5, 5.41) is 11.9. The van der Waals surface area contributed by atoms with Gasteiger partial charge >= 0.3 is 12.1 Å². The molecule has 0 aliphatic carbocycles. The van der Waals surface area contributed by atoms with Crippen molar-refractivity contribution in [3.63, 3.8) is 0 Å². The maximum Gasteiger partial charge on any atom is 0.408 e. The molecule has 1 aromatic carbocycles. The fourth-order valence-corrected chi connectivity index (χ4v) is 2.25. The summed E-state index contributed by atoms with van der Waals surface area (Å²) in [5.41, 5.74) is 0.150. The van der Waals surface area contributed by atoms with Crippen LogP contribution in [0.25, 0.3) is 0 Å². The van der Waals surface area contributed by atoms with Crippen molar-refractivity contribution in [2.24, 2.45) is 0 Å². The van der Waals surface area contributed by atoms with Crippen LogP contribution in [-0.2, 0) is 14.3 Å². The van der Waals surface area contributed by atoms with Gasteiger partial charge in [-0.25, -0.2) is 9.59 Å². The quantitative estimate of drug-likeness (QED) is 0.784. The summed E-state index contributed by atoms with van der Waals surface area (Å²) in [4.78, 5) is 24.2. The second-order valence-corrected chi connectivity index (χ2v) is 6.18. The Hall–Kier alpha value is -2.08. The molecule has 2 N–H and O–H groups in total. The lowest BCUT2D eigenvalue weighted by atomic mass is 9.88. The smallest absolute Gasteiger partial charge is 0.408 e. The Morgan fingerprint density at radius 3 is 2.30 bits per heavy atom. The highest BCUT2D eigenvalue weighted by Crippen LogP contribution is 2.24. The largest absolute Gasteiger partial charge is 0.467 e. The van der Waals surface area contributed by atoms with Crippen LogP contribution in [0.3, 0.4) is 0 Å². The van der Waals surface area contributed by atoms with Gasteiger partial charge in [0.25, 0.3) is 0 Å². The highest BCUT2D eigenvalue weighted by atomic mass is 16.6. The van der Waals surface area contributed by atoms with Gasteiger partial charge in [0.05, 0.1) is 7.11 Å². The van der Waals surface area contributed by atoms with Crippen LogP contribution in [0.4, 0.5) is 4.79 Å². The first kappa shape index (κ1) is 19.0. The molecule has 2 atom stereocenters. The van der Waals surface area contributed by atoms with E-state index in [0.717, 1.165) is 5.56 Å². The predicted octanol–water partition coefficient (Wildman–Crippen LogP) is 2.22. The third-order valence-corrected chi connectivity index (χ3v) is 3.20. The number of alkyl carbamates (subject to hydrolysis) is 1. The predicted molar refractivity (Wildman–Crippen MR) is 86.1 cm³/mol. The number of methoxy groups -OCH3 is 1. The Balaban J connectivity index is 3.02. The van der Waals surface area contributed by atoms with Crippen molar-refractivity contribution >= 4 is 12.1 Å². The van der Waals surface area contributed by atoms with E-state index in [1.54, 1.807) is 20.8 Å². The van der Waals surface area contributed by atoms with Gasteiger partial charge in [-0.3, -0.25) is 0 Å². The first-order valence-electron chi connectivity index (χ1n) is 7.51. The van der Waals surface area contributed by atoms with E-state index in [0.29, 0.717) is 6.42 Å². The lowest BCUT2D eigenvalue weighted by Crippen LogP contribution is -2.47. The molecular weight excluding hydrogens is 298 g/mol. The van der Waals surface area contributed by atoms with Gasteiger partial charge in [0.2, 0.25) is 0 Å². The number of hydrogen-bond donors (Lipinski definition) is 2. The molecule has 0 saturated carbocycles. The minimum atomic E-state index is -0.940. The van der Waals surface area contributed by atoms with Crippen molar-refractivity contribution in [3.05, 3.63) is 35.9 Å². The van der Waals surface area contributed by atoms with E-state index in [9.17, 15) is 14.7 Å². The summed E-state index contributed by atoms with van der Waals surface area (Å²) in [6.07, 6.45) is -0.397. The molecule has 6 nitrogen and oxygen atoms in total. The number of carbonyl (C=O) groups excluding carboxylic acids is 2. The number of aliphatic hydroxyl groups is 1. The number of aliphatic hydroxyl groups excluding tert-OH is 1. The molecule has 1 amide bonds. The van der Waals surface area contributed by atoms with Gasteiger partial charge in [0.1, 0.15) is 11.6 Å². The molecular formula is C17H25NO5. The zero-order valence-electron chi connectivity index (χ0n) is 14.0. The van der Waals surface area contributed by atoms with Gasteiger partial charge in [-0.15, -0.1) is 0 Å². The van der Waals surface area contributed by atoms with E-state index in [1.165, 1.54) is 7.11 Å². The van der Waals surface area contributed by atoms with Crippen molar-refractivity contribution in [2.45, 2.75) is 44.8 Å². The number of nitrogens with one attached hydrogen (secondary N) is 1. The lowest BCUT2D eigenvalue weighted by molar-refractivity contribution is -0.143. The van der Waals surface area contributed by atoms with Crippen molar-refractivity contribution in [1.29, 1.82) is 0 Å². The van der Waals surface area contributed by atoms with Crippen LogP contribution in [0, 0.1) is 0 Å². The van der Waals surface area contributed by atoms with Crippen LogP contribution in [0.2, 0.25) is 0 Å². The van der Waals surface area contributed by atoms with Crippen LogP contribution < -0.4 is 5.32 Å². The summed E-state index contributed by atoms with van der Waals surface area (Å²) < 4.78 is 10.0. The van der Waals surface area contributed by atoms with Crippen molar-refractivity contribution in [2.75, 3.05) is 13.7 Å². The molecule has 0 aromatic heterocycles. The fourth-order valence-electron chi connectivity index (χ4n) is 2.25. The highest BCUT2D eigenvalue weighted by Gasteiger charge is 2.33. The van der Waals surface area contributed by atoms with Crippen molar-refractivity contribution < 1.29 is 24.2 Å². The maximum atomic E-state index is 12.1. The second kappa shape index (κ2) is 8.53. The molecule has 23 heavy (non-hydrogen) atoms. The summed E-state index contributed by atoms with van der Waals surface area (Å²) in [5.74, 6) is -1.00. The number of ether oxygens (including phenoxy) is 2. The Morgan fingerprint density at radius 2 is 1.83 bits per heavy atom. The van der Waals surface area contributed by atoms with Gasteiger partial charge in [-0.2, -0.15) is 0 Å². The van der Waals surface area contributed by atoms with Gasteiger partial charge < -0.3 is 19.9 Å². The first-order valence-corrected chi connectivity index (χ1v) is 7.51. The molecule has 0 aliphatic rings. The molecule has 0 bridgehead atoms. The number of hydrogen-bond acceptors (Lipinski definition) is 5. The Bertz CT molecular complexity index is 509. The molecule has 1 aromatic rings. The van der Waals surface area contributed by atoms with E-state index in [1.807, 2.05) is 30.3 Å². The minimum absolute atomic E-state index is 0.122. The lowest BCUT2D eigenvalue weighted by Gasteiger charge is -2.27. The van der Waals surface area contributed by atoms with Gasteiger partial charge in [0.15, 0.2) is 0 Å². The van der Waals surface area contributed by atoms with Crippen molar-refractivity contribution in [3.8, 4) is 0 Å². The monoisotopic (exact) mass is 323 g/mol. The zero-order valence-corrected chi connectivity index (χ0v) is 14.0. The molecule has 128 valence electrons. The Labute approximate surface area is 136 Å². The number of rotatable bonds is 6. The average molecular weight is 323 g/mol. The summed E-state index contributed by atoms with van der Waals surface area (Å²) in [6.45, 7) is 5.09. The van der Waals surface area contributed by atoms with E-state index >= 15 is 0 Å². The molecule has 0 heterocycles. The van der Waals surface area contributed by atoms with Crippen LogP contribution in [0.1, 0.15) is 38.7 Å². The Morgan fingerprint density at radius 1 is 1.22 bits per heavy atom. The number of amides is 1. The number of carbonyl (C=O) groups is 2. The zero-order chi connectivity index (χ0) is 17.5. The van der Waals surface area contributed by atoms with E-state index in [-0.39, 0.29) is 6.61 Å². The third kappa shape index (κ3) is 6.28. The number of esters is 1. The average Bonchev–Trinajstić information content (AvgIpc) is 2.49. The molecule has 0 radical (unpaired) electrons. The molecule has 0 fully saturated rings. The highest BCUT2D eigenvalue weighted by molar-refractivity contribution is 5.82. The van der Waals surface area contributed by atoms with Gasteiger partial charge in [-0.05, 0) is 32.8 Å². The van der Waals surface area contributed by atoms with Crippen LogP contribution in [-0.4, -0.2) is 42.5 Å². The van der Waals surface area contributed by atoms with E-state index < -0.39 is 29.6 Å². The molecule has 6 heteroatoms. The van der Waals surface area contributed by atoms with Crippen LogP contribution in [0.5, 0.6) is 0 Å². The summed E-state index contributed by atoms with van der Waals surface area (Å²) in [6, 6.07) is 8.27. The molecule has 0 unspecified atom stereocenters. The molecule has 0 saturated heterocycles. The topological polar surface area (TPSA) is 84.9 Å². The summed E-state index contributed by atoms with van der Waals surface area (Å²) >= 11 is 0.